The molecule has 0 aliphatic rings. The molecule has 9 aromatic rings. The van der Waals surface area contributed by atoms with Gasteiger partial charge in [-0.25, -0.2) is 15.0 Å². The van der Waals surface area contributed by atoms with E-state index in [1.54, 1.807) is 6.07 Å². The van der Waals surface area contributed by atoms with Crippen LogP contribution in [-0.2, 0) is 0 Å². The van der Waals surface area contributed by atoms with Gasteiger partial charge in [-0.2, -0.15) is 5.26 Å². The molecule has 0 atom stereocenters. The van der Waals surface area contributed by atoms with Crippen molar-refractivity contribution >= 4 is 21.9 Å². The van der Waals surface area contributed by atoms with Gasteiger partial charge in [0.25, 0.3) is 0 Å². The third kappa shape index (κ3) is 5.61. The molecule has 0 bridgehead atoms. The lowest BCUT2D eigenvalue weighted by Crippen LogP contribution is -2.01. The summed E-state index contributed by atoms with van der Waals surface area (Å²) in [5.74, 6) is 1.66. The van der Waals surface area contributed by atoms with Gasteiger partial charge in [-0.05, 0) is 63.7 Å². The Morgan fingerprint density at radius 3 is 1.73 bits per heavy atom. The zero-order chi connectivity index (χ0) is 34.1. The lowest BCUT2D eigenvalue weighted by Gasteiger charge is -2.12. The van der Waals surface area contributed by atoms with Crippen molar-refractivity contribution in [2.24, 2.45) is 0 Å². The average Bonchev–Trinajstić information content (AvgIpc) is 3.60. The quantitative estimate of drug-likeness (QED) is 0.179. The van der Waals surface area contributed by atoms with Gasteiger partial charge >= 0.3 is 0 Å². The van der Waals surface area contributed by atoms with Gasteiger partial charge in [-0.3, -0.25) is 0 Å². The van der Waals surface area contributed by atoms with Crippen LogP contribution in [0.1, 0.15) is 5.56 Å². The Balaban J connectivity index is 1.17. The van der Waals surface area contributed by atoms with Crippen LogP contribution in [0.3, 0.4) is 0 Å². The van der Waals surface area contributed by atoms with E-state index in [1.807, 2.05) is 97.1 Å². The summed E-state index contributed by atoms with van der Waals surface area (Å²) >= 11 is 0. The maximum absolute atomic E-state index is 9.57. The first kappa shape index (κ1) is 29.9. The molecule has 5 heteroatoms. The van der Waals surface area contributed by atoms with Crippen molar-refractivity contribution in [2.45, 2.75) is 0 Å². The zero-order valence-corrected chi connectivity index (χ0v) is 27.4. The van der Waals surface area contributed by atoms with E-state index in [0.29, 0.717) is 23.0 Å². The second kappa shape index (κ2) is 12.7. The highest BCUT2D eigenvalue weighted by Gasteiger charge is 2.18. The molecule has 0 radical (unpaired) electrons. The molecular formula is C46H28N4O. The summed E-state index contributed by atoms with van der Waals surface area (Å²) in [6.45, 7) is 0. The summed E-state index contributed by atoms with van der Waals surface area (Å²) in [7, 11) is 0. The van der Waals surface area contributed by atoms with Crippen molar-refractivity contribution in [2.75, 3.05) is 0 Å². The first-order valence-electron chi connectivity index (χ1n) is 16.7. The fraction of sp³-hybridized carbons (Fsp3) is 0. The molecule has 238 valence electrons. The Kier molecular flexibility index (Phi) is 7.46. The Bertz CT molecular complexity index is 2750. The number of hydrogen-bond donors (Lipinski definition) is 0. The Hall–Kier alpha value is -7.16. The minimum atomic E-state index is 0.540. The molecule has 2 heterocycles. The topological polar surface area (TPSA) is 75.6 Å². The third-order valence-electron chi connectivity index (χ3n) is 9.20. The van der Waals surface area contributed by atoms with E-state index in [4.69, 9.17) is 19.4 Å². The molecule has 0 saturated heterocycles. The second-order valence-electron chi connectivity index (χ2n) is 12.3. The molecule has 7 aromatic carbocycles. The molecule has 51 heavy (non-hydrogen) atoms. The van der Waals surface area contributed by atoms with Gasteiger partial charge in [0.05, 0.1) is 11.6 Å². The van der Waals surface area contributed by atoms with Crippen LogP contribution in [0.4, 0.5) is 0 Å². The molecule has 0 unspecified atom stereocenters. The van der Waals surface area contributed by atoms with E-state index < -0.39 is 0 Å². The van der Waals surface area contributed by atoms with Gasteiger partial charge in [0, 0.05) is 27.5 Å². The Morgan fingerprint density at radius 1 is 0.392 bits per heavy atom. The highest BCUT2D eigenvalue weighted by molar-refractivity contribution is 6.13. The summed E-state index contributed by atoms with van der Waals surface area (Å²) in [4.78, 5) is 15.0. The average molecular weight is 653 g/mol. The number of aromatic nitrogens is 3. The van der Waals surface area contributed by atoms with E-state index in [0.717, 1.165) is 60.9 Å². The van der Waals surface area contributed by atoms with Crippen LogP contribution in [-0.4, -0.2) is 15.0 Å². The van der Waals surface area contributed by atoms with Gasteiger partial charge in [-0.15, -0.1) is 0 Å². The van der Waals surface area contributed by atoms with E-state index in [-0.39, 0.29) is 0 Å². The number of nitrogens with zero attached hydrogens (tertiary/aromatic N) is 4. The highest BCUT2D eigenvalue weighted by Crippen LogP contribution is 2.39. The van der Waals surface area contributed by atoms with Crippen LogP contribution < -0.4 is 0 Å². The van der Waals surface area contributed by atoms with Crippen molar-refractivity contribution < 1.29 is 4.42 Å². The maximum atomic E-state index is 9.57. The number of fused-ring (bicyclic) bond motifs is 3. The van der Waals surface area contributed by atoms with Gasteiger partial charge in [0.1, 0.15) is 11.2 Å². The molecule has 0 spiro atoms. The normalized spacial score (nSPS) is 11.1. The monoisotopic (exact) mass is 652 g/mol. The molecule has 0 aliphatic carbocycles. The summed E-state index contributed by atoms with van der Waals surface area (Å²) in [6.07, 6.45) is 0. The van der Waals surface area contributed by atoms with Crippen molar-refractivity contribution in [3.05, 3.63) is 175 Å². The van der Waals surface area contributed by atoms with Gasteiger partial charge < -0.3 is 4.42 Å². The predicted molar refractivity (Wildman–Crippen MR) is 204 cm³/mol. The number of nitriles is 1. The van der Waals surface area contributed by atoms with Crippen molar-refractivity contribution in [3.63, 3.8) is 0 Å². The summed E-state index contributed by atoms with van der Waals surface area (Å²) < 4.78 is 6.50. The molecule has 2 aromatic heterocycles. The van der Waals surface area contributed by atoms with Crippen LogP contribution in [0.25, 0.3) is 89.5 Å². The van der Waals surface area contributed by atoms with Crippen molar-refractivity contribution in [1.29, 1.82) is 5.26 Å². The minimum Gasteiger partial charge on any atom is -0.456 e. The van der Waals surface area contributed by atoms with Gasteiger partial charge in [0.2, 0.25) is 0 Å². The number of rotatable bonds is 6. The first-order valence-corrected chi connectivity index (χ1v) is 16.7. The molecule has 0 aliphatic heterocycles. The van der Waals surface area contributed by atoms with E-state index in [1.165, 1.54) is 11.1 Å². The van der Waals surface area contributed by atoms with Gasteiger partial charge in [-0.1, -0.05) is 140 Å². The standard InChI is InChI=1S/C46H28N4O/c47-29-30-11-9-16-35(27-30)37-17-7-8-18-39(37)46-49-44(34-14-5-2-6-15-34)48-45(50-46)36-25-26-40-42(28-36)51-41-20-10-19-38(43(40)41)33-23-21-32(22-24-33)31-12-3-1-4-13-31/h1-28H. The molecule has 0 saturated carbocycles. The predicted octanol–water partition coefficient (Wildman–Crippen LogP) is 11.6. The second-order valence-corrected chi connectivity index (χ2v) is 12.3. The summed E-state index contributed by atoms with van der Waals surface area (Å²) in [5, 5.41) is 11.7. The van der Waals surface area contributed by atoms with E-state index in [2.05, 4.69) is 72.8 Å². The highest BCUT2D eigenvalue weighted by atomic mass is 16.3. The number of hydrogen-bond acceptors (Lipinski definition) is 5. The lowest BCUT2D eigenvalue weighted by molar-refractivity contribution is 0.669. The van der Waals surface area contributed by atoms with Gasteiger partial charge in [0.15, 0.2) is 17.5 Å². The fourth-order valence-electron chi connectivity index (χ4n) is 6.71. The fourth-order valence-corrected chi connectivity index (χ4v) is 6.71. The molecule has 5 nitrogen and oxygen atoms in total. The first-order chi connectivity index (χ1) is 25.2. The van der Waals surface area contributed by atoms with Crippen molar-refractivity contribution in [3.8, 4) is 73.6 Å². The molecule has 0 amide bonds. The minimum absolute atomic E-state index is 0.540. The third-order valence-corrected chi connectivity index (χ3v) is 9.20. The van der Waals surface area contributed by atoms with Crippen LogP contribution >= 0.6 is 0 Å². The number of furan rings is 1. The molecular weight excluding hydrogens is 625 g/mol. The van der Waals surface area contributed by atoms with Crippen molar-refractivity contribution in [1.82, 2.24) is 15.0 Å². The molecule has 9 rings (SSSR count). The molecule has 0 N–H and O–H groups in total. The zero-order valence-electron chi connectivity index (χ0n) is 27.4. The summed E-state index contributed by atoms with van der Waals surface area (Å²) in [6, 6.07) is 59.3. The molecule has 0 fully saturated rings. The van der Waals surface area contributed by atoms with E-state index >= 15 is 0 Å². The number of benzene rings is 7. The Morgan fingerprint density at radius 2 is 0.961 bits per heavy atom. The lowest BCUT2D eigenvalue weighted by atomic mass is 9.96. The smallest absolute Gasteiger partial charge is 0.164 e. The van der Waals surface area contributed by atoms with Crippen LogP contribution in [0.5, 0.6) is 0 Å². The SMILES string of the molecule is N#Cc1cccc(-c2ccccc2-c2nc(-c3ccccc3)nc(-c3ccc4c(c3)oc3cccc(-c5ccc(-c6ccccc6)cc5)c34)n2)c1. The van der Waals surface area contributed by atoms with E-state index in [9.17, 15) is 5.26 Å². The Labute approximate surface area is 294 Å². The maximum Gasteiger partial charge on any atom is 0.164 e. The van der Waals surface area contributed by atoms with Crippen LogP contribution in [0.15, 0.2) is 174 Å². The van der Waals surface area contributed by atoms with Crippen LogP contribution in [0.2, 0.25) is 0 Å². The van der Waals surface area contributed by atoms with Crippen LogP contribution in [0, 0.1) is 11.3 Å². The summed E-state index contributed by atoms with van der Waals surface area (Å²) in [5.41, 5.74) is 11.2. The largest absolute Gasteiger partial charge is 0.456 e.